The number of aromatic nitrogens is 3. The van der Waals surface area contributed by atoms with Crippen LogP contribution in [0, 0.1) is 5.92 Å². The quantitative estimate of drug-likeness (QED) is 0.830. The Balaban J connectivity index is 2.19. The molecule has 0 saturated carbocycles. The van der Waals surface area contributed by atoms with Crippen LogP contribution in [0.3, 0.4) is 0 Å². The van der Waals surface area contributed by atoms with E-state index in [-0.39, 0.29) is 18.1 Å². The Bertz CT molecular complexity index is 715. The number of hydrogen-bond acceptors (Lipinski definition) is 5. The summed E-state index contributed by atoms with van der Waals surface area (Å²) < 4.78 is 1.43. The number of aliphatic hydroxyl groups excluding tert-OH is 1. The van der Waals surface area contributed by atoms with Gasteiger partial charge in [0.2, 0.25) is 0 Å². The first-order chi connectivity index (χ1) is 9.60. The van der Waals surface area contributed by atoms with Crippen molar-refractivity contribution >= 4 is 28.3 Å². The molecule has 3 heterocycles. The third-order valence-electron chi connectivity index (χ3n) is 3.70. The van der Waals surface area contributed by atoms with Gasteiger partial charge < -0.3 is 14.6 Å². The van der Waals surface area contributed by atoms with Gasteiger partial charge in [0.05, 0.1) is 11.8 Å². The molecule has 0 aromatic carbocycles. The van der Waals surface area contributed by atoms with E-state index in [9.17, 15) is 9.90 Å². The van der Waals surface area contributed by atoms with Crippen LogP contribution in [0.25, 0.3) is 10.9 Å². The van der Waals surface area contributed by atoms with E-state index in [1.54, 1.807) is 13.1 Å². The number of hydrogen-bond donors (Lipinski definition) is 1. The maximum absolute atomic E-state index is 12.3. The van der Waals surface area contributed by atoms with Gasteiger partial charge >= 0.3 is 0 Å². The predicted octanol–water partition coefficient (Wildman–Crippen LogP) is 0.800. The van der Waals surface area contributed by atoms with E-state index in [1.165, 1.54) is 10.9 Å². The summed E-state index contributed by atoms with van der Waals surface area (Å²) in [5.74, 6) is 0.781. The molecular weight excluding hydrogens is 280 g/mol. The zero-order valence-corrected chi connectivity index (χ0v) is 11.8. The van der Waals surface area contributed by atoms with Gasteiger partial charge in [0, 0.05) is 38.7 Å². The topological polar surface area (TPSA) is 71.2 Å². The van der Waals surface area contributed by atoms with Crippen molar-refractivity contribution in [3.05, 3.63) is 27.9 Å². The molecule has 1 N–H and O–H groups in total. The van der Waals surface area contributed by atoms with E-state index < -0.39 is 0 Å². The van der Waals surface area contributed by atoms with Crippen molar-refractivity contribution in [2.75, 3.05) is 24.6 Å². The van der Waals surface area contributed by atoms with Gasteiger partial charge in [-0.2, -0.15) is 0 Å². The molecular formula is C13H15ClN4O2. The van der Waals surface area contributed by atoms with Gasteiger partial charge in [-0.3, -0.25) is 4.79 Å². The second-order valence-electron chi connectivity index (χ2n) is 5.11. The number of aryl methyl sites for hydroxylation is 1. The lowest BCUT2D eigenvalue weighted by Gasteiger charge is -2.19. The highest BCUT2D eigenvalue weighted by Gasteiger charge is 2.25. The van der Waals surface area contributed by atoms with Gasteiger partial charge in [-0.15, -0.1) is 0 Å². The number of rotatable bonds is 2. The molecule has 0 amide bonds. The molecule has 0 aliphatic carbocycles. The molecule has 1 unspecified atom stereocenters. The van der Waals surface area contributed by atoms with Crippen LogP contribution >= 0.6 is 11.6 Å². The molecule has 2 aromatic heterocycles. The van der Waals surface area contributed by atoms with Gasteiger partial charge in [-0.05, 0) is 6.42 Å². The Hall–Kier alpha value is -1.66. The standard InChI is InChI=1S/C13H15ClN4O2/c1-17-7-15-9-4-10(14)16-12(11(9)13(17)20)18-3-2-8(5-18)6-19/h4,7-8,19H,2-3,5-6H2,1H3. The average Bonchev–Trinajstić information content (AvgIpc) is 2.91. The normalized spacial score (nSPS) is 18.9. The number of anilines is 1. The summed E-state index contributed by atoms with van der Waals surface area (Å²) in [5, 5.41) is 10.1. The van der Waals surface area contributed by atoms with E-state index >= 15 is 0 Å². The third kappa shape index (κ3) is 2.14. The largest absolute Gasteiger partial charge is 0.396 e. The Morgan fingerprint density at radius 1 is 1.55 bits per heavy atom. The molecule has 1 atom stereocenters. The second kappa shape index (κ2) is 5.03. The van der Waals surface area contributed by atoms with Crippen LogP contribution < -0.4 is 10.5 Å². The molecule has 1 aliphatic rings. The Labute approximate surface area is 120 Å². The highest BCUT2D eigenvalue weighted by Crippen LogP contribution is 2.28. The minimum atomic E-state index is -0.137. The number of nitrogens with zero attached hydrogens (tertiary/aromatic N) is 4. The van der Waals surface area contributed by atoms with Crippen LogP contribution in [-0.4, -0.2) is 39.3 Å². The maximum atomic E-state index is 12.3. The second-order valence-corrected chi connectivity index (χ2v) is 5.49. The van der Waals surface area contributed by atoms with Gasteiger partial charge in [-0.1, -0.05) is 11.6 Å². The van der Waals surface area contributed by atoms with Crippen molar-refractivity contribution in [3.63, 3.8) is 0 Å². The zero-order valence-electron chi connectivity index (χ0n) is 11.1. The highest BCUT2D eigenvalue weighted by molar-refractivity contribution is 6.30. The minimum absolute atomic E-state index is 0.137. The number of aliphatic hydroxyl groups is 1. The van der Waals surface area contributed by atoms with Gasteiger partial charge in [0.25, 0.3) is 5.56 Å². The third-order valence-corrected chi connectivity index (χ3v) is 3.89. The first kappa shape index (κ1) is 13.3. The summed E-state index contributed by atoms with van der Waals surface area (Å²) >= 11 is 6.03. The number of halogens is 1. The average molecular weight is 295 g/mol. The van der Waals surface area contributed by atoms with Crippen LogP contribution in [0.15, 0.2) is 17.2 Å². The van der Waals surface area contributed by atoms with Crippen LogP contribution in [0.2, 0.25) is 5.15 Å². The molecule has 6 nitrogen and oxygen atoms in total. The summed E-state index contributed by atoms with van der Waals surface area (Å²) in [5.41, 5.74) is 0.414. The maximum Gasteiger partial charge on any atom is 0.264 e. The van der Waals surface area contributed by atoms with Crippen LogP contribution in [0.4, 0.5) is 5.82 Å². The summed E-state index contributed by atoms with van der Waals surface area (Å²) in [7, 11) is 1.66. The summed E-state index contributed by atoms with van der Waals surface area (Å²) in [6, 6.07) is 1.60. The molecule has 1 fully saturated rings. The van der Waals surface area contributed by atoms with E-state index in [4.69, 9.17) is 11.6 Å². The van der Waals surface area contributed by atoms with Gasteiger partial charge in [-0.25, -0.2) is 9.97 Å². The smallest absolute Gasteiger partial charge is 0.264 e. The van der Waals surface area contributed by atoms with Crippen molar-refractivity contribution < 1.29 is 5.11 Å². The first-order valence-electron chi connectivity index (χ1n) is 6.48. The Morgan fingerprint density at radius 2 is 2.35 bits per heavy atom. The molecule has 3 rings (SSSR count). The SMILES string of the molecule is Cn1cnc2cc(Cl)nc(N3CCC(CO)C3)c2c1=O. The van der Waals surface area contributed by atoms with E-state index in [0.29, 0.717) is 28.4 Å². The number of fused-ring (bicyclic) bond motifs is 1. The molecule has 2 aromatic rings. The summed E-state index contributed by atoms with van der Waals surface area (Å²) in [4.78, 5) is 22.9. The first-order valence-corrected chi connectivity index (χ1v) is 6.85. The molecule has 1 aliphatic heterocycles. The summed E-state index contributed by atoms with van der Waals surface area (Å²) in [6.45, 7) is 1.58. The van der Waals surface area contributed by atoms with Crippen molar-refractivity contribution in [2.24, 2.45) is 13.0 Å². The van der Waals surface area contributed by atoms with Crippen LogP contribution in [0.1, 0.15) is 6.42 Å². The van der Waals surface area contributed by atoms with Gasteiger partial charge in [0.15, 0.2) is 0 Å². The molecule has 20 heavy (non-hydrogen) atoms. The molecule has 0 spiro atoms. The highest BCUT2D eigenvalue weighted by atomic mass is 35.5. The fourth-order valence-corrected chi connectivity index (χ4v) is 2.76. The molecule has 0 bridgehead atoms. The van der Waals surface area contributed by atoms with E-state index in [0.717, 1.165) is 13.0 Å². The minimum Gasteiger partial charge on any atom is -0.396 e. The fourth-order valence-electron chi connectivity index (χ4n) is 2.58. The lowest BCUT2D eigenvalue weighted by atomic mass is 10.1. The molecule has 0 radical (unpaired) electrons. The molecule has 7 heteroatoms. The van der Waals surface area contributed by atoms with Crippen molar-refractivity contribution in [2.45, 2.75) is 6.42 Å². The fraction of sp³-hybridized carbons (Fsp3) is 0.462. The predicted molar refractivity (Wildman–Crippen MR) is 77.2 cm³/mol. The van der Waals surface area contributed by atoms with E-state index in [2.05, 4.69) is 9.97 Å². The summed E-state index contributed by atoms with van der Waals surface area (Å²) in [6.07, 6.45) is 2.36. The Kier molecular flexibility index (Phi) is 3.35. The number of pyridine rings is 1. The van der Waals surface area contributed by atoms with Crippen molar-refractivity contribution in [1.29, 1.82) is 0 Å². The van der Waals surface area contributed by atoms with Crippen LogP contribution in [-0.2, 0) is 7.05 Å². The van der Waals surface area contributed by atoms with Crippen molar-refractivity contribution in [1.82, 2.24) is 14.5 Å². The Morgan fingerprint density at radius 3 is 3.05 bits per heavy atom. The molecule has 1 saturated heterocycles. The van der Waals surface area contributed by atoms with Gasteiger partial charge in [0.1, 0.15) is 16.4 Å². The van der Waals surface area contributed by atoms with Crippen LogP contribution in [0.5, 0.6) is 0 Å². The molecule has 106 valence electrons. The zero-order chi connectivity index (χ0) is 14.3. The van der Waals surface area contributed by atoms with Crippen molar-refractivity contribution in [3.8, 4) is 0 Å². The van der Waals surface area contributed by atoms with E-state index in [1.807, 2.05) is 4.90 Å². The lowest BCUT2D eigenvalue weighted by molar-refractivity contribution is 0.238. The lowest BCUT2D eigenvalue weighted by Crippen LogP contribution is -2.26. The monoisotopic (exact) mass is 294 g/mol.